The van der Waals surface area contributed by atoms with Crippen LogP contribution in [0.2, 0.25) is 0 Å². The molecule has 0 aromatic rings. The Bertz CT molecular complexity index is 119. The number of carbonyl (C=O) groups excluding carboxylic acids is 1. The van der Waals surface area contributed by atoms with E-state index in [9.17, 15) is 4.79 Å². The fourth-order valence-corrected chi connectivity index (χ4v) is 0.815. The lowest BCUT2D eigenvalue weighted by atomic mass is 10.3. The molecule has 0 rings (SSSR count). The normalized spacial score (nSPS) is 16.4. The molecular formula is C4H10N2OS3. The summed E-state index contributed by atoms with van der Waals surface area (Å²) < 4.78 is 0.232. The molecule has 0 bridgehead atoms. The second kappa shape index (κ2) is 5.31. The largest absolute Gasteiger partial charge is 0.437 e. The minimum absolute atomic E-state index is 0.0559. The number of rotatable bonds is 3. The third kappa shape index (κ3) is 4.45. The van der Waals surface area contributed by atoms with Gasteiger partial charge in [0.2, 0.25) is 0 Å². The zero-order valence-electron chi connectivity index (χ0n) is 5.53. The average molecular weight is 198 g/mol. The highest BCUT2D eigenvalue weighted by molar-refractivity contribution is 7.80. The quantitative estimate of drug-likeness (QED) is 0.154. The number of nitrogens with one attached hydrogen (secondary N) is 1. The summed E-state index contributed by atoms with van der Waals surface area (Å²) in [6.45, 7) is 1.84. The number of quaternary nitrogens is 2. The predicted molar refractivity (Wildman–Crippen MR) is 45.7 cm³/mol. The molecule has 0 aliphatic carbocycles. The summed E-state index contributed by atoms with van der Waals surface area (Å²) in [5.74, 6) is -0.0903. The zero-order valence-corrected chi connectivity index (χ0v) is 8.06. The molecule has 6 heteroatoms. The van der Waals surface area contributed by atoms with Gasteiger partial charge >= 0.3 is 5.91 Å². The van der Waals surface area contributed by atoms with Crippen molar-refractivity contribution in [1.82, 2.24) is 0 Å². The van der Waals surface area contributed by atoms with Gasteiger partial charge in [0, 0.05) is 5.25 Å². The summed E-state index contributed by atoms with van der Waals surface area (Å²) in [7, 11) is 0. The molecule has 2 unspecified atom stereocenters. The highest BCUT2D eigenvalue weighted by atomic mass is 32.1. The van der Waals surface area contributed by atoms with Gasteiger partial charge in [-0.15, -0.1) is 0 Å². The number of hydrogen-bond acceptors (Lipinski definition) is 4. The van der Waals surface area contributed by atoms with Crippen molar-refractivity contribution in [3.05, 3.63) is 0 Å². The van der Waals surface area contributed by atoms with E-state index in [-0.39, 0.29) is 15.6 Å². The Hall–Kier alpha value is 0.640. The van der Waals surface area contributed by atoms with E-state index in [1.807, 2.05) is 6.92 Å². The van der Waals surface area contributed by atoms with E-state index in [1.165, 1.54) is 4.83 Å². The highest BCUT2D eigenvalue weighted by Gasteiger charge is 2.10. The first-order valence-electron chi connectivity index (χ1n) is 2.78. The molecule has 3 N–H and O–H groups in total. The van der Waals surface area contributed by atoms with Crippen molar-refractivity contribution in [3.8, 4) is 0 Å². The first kappa shape index (κ1) is 10.6. The monoisotopic (exact) mass is 198 g/mol. The van der Waals surface area contributed by atoms with Crippen LogP contribution in [0.1, 0.15) is 13.3 Å². The van der Waals surface area contributed by atoms with Crippen LogP contribution in [-0.2, 0) is 30.4 Å². The van der Waals surface area contributed by atoms with Crippen LogP contribution in [0, 0.1) is 0 Å². The molecule has 1 amide bonds. The lowest BCUT2D eigenvalue weighted by Crippen LogP contribution is -3.44. The molecule has 60 valence electrons. The number of carbonyl (C=O) groups is 1. The fraction of sp³-hybridized carbons (Fsp3) is 0.750. The Balaban J connectivity index is 3.62. The van der Waals surface area contributed by atoms with Crippen LogP contribution in [0.4, 0.5) is 0 Å². The highest BCUT2D eigenvalue weighted by Crippen LogP contribution is 1.95. The van der Waals surface area contributed by atoms with Gasteiger partial charge < -0.3 is 30.5 Å². The standard InChI is InChI=1S/C4H10N2OS3/c1-3(8)2-4(7)6(10)5-9/h3,6,8H,2,5H2,1H3. The lowest BCUT2D eigenvalue weighted by Gasteiger charge is -2.20. The van der Waals surface area contributed by atoms with Crippen molar-refractivity contribution >= 4 is 44.2 Å². The molecule has 0 aromatic heterocycles. The van der Waals surface area contributed by atoms with E-state index in [1.54, 1.807) is 0 Å². The maximum Gasteiger partial charge on any atom is 0.339 e. The molecule has 0 aromatic carbocycles. The number of hydrogen-bond donors (Lipinski definition) is 3. The van der Waals surface area contributed by atoms with Gasteiger partial charge in [-0.25, -0.2) is 4.79 Å². The lowest BCUT2D eigenvalue weighted by molar-refractivity contribution is -1.21. The molecule has 3 nitrogen and oxygen atoms in total. The molecule has 10 heavy (non-hydrogen) atoms. The minimum Gasteiger partial charge on any atom is -0.437 e. The predicted octanol–water partition coefficient (Wildman–Crippen LogP) is -2.49. The molecule has 0 saturated carbocycles. The van der Waals surface area contributed by atoms with Gasteiger partial charge in [0.05, 0.1) is 6.42 Å². The Morgan fingerprint density at radius 1 is 1.90 bits per heavy atom. The first-order valence-corrected chi connectivity index (χ1v) is 4.18. The van der Waals surface area contributed by atoms with Crippen molar-refractivity contribution in [2.24, 2.45) is 0 Å². The van der Waals surface area contributed by atoms with Crippen molar-refractivity contribution in [2.75, 3.05) is 0 Å². The topological polar surface area (TPSA) is 38.1 Å². The molecule has 0 spiro atoms. The van der Waals surface area contributed by atoms with Gasteiger partial charge in [-0.05, 0) is 0 Å². The molecule has 0 heterocycles. The van der Waals surface area contributed by atoms with Crippen LogP contribution in [0.5, 0.6) is 0 Å². The molecule has 2 atom stereocenters. The Morgan fingerprint density at radius 2 is 2.40 bits per heavy atom. The third-order valence-electron chi connectivity index (χ3n) is 0.863. The van der Waals surface area contributed by atoms with E-state index in [0.717, 1.165) is 0 Å². The summed E-state index contributed by atoms with van der Waals surface area (Å²) in [5, 5.41) is 0.0559. The maximum atomic E-state index is 10.9. The Morgan fingerprint density at radius 3 is 2.70 bits per heavy atom. The van der Waals surface area contributed by atoms with Crippen molar-refractivity contribution in [3.63, 3.8) is 0 Å². The molecule has 0 fully saturated rings. The van der Waals surface area contributed by atoms with Crippen LogP contribution in [0.3, 0.4) is 0 Å². The third-order valence-corrected chi connectivity index (χ3v) is 1.78. The van der Waals surface area contributed by atoms with Gasteiger partial charge in [-0.2, -0.15) is 12.6 Å². The van der Waals surface area contributed by atoms with Crippen LogP contribution in [0.25, 0.3) is 0 Å². The number of amides is 1. The molecule has 0 aliphatic heterocycles. The van der Waals surface area contributed by atoms with Crippen LogP contribution in [0.15, 0.2) is 0 Å². The average Bonchev–Trinajstić information content (AvgIpc) is 1.85. The molecule has 0 aliphatic rings. The van der Waals surface area contributed by atoms with Crippen LogP contribution >= 0.6 is 12.6 Å². The molecular weight excluding hydrogens is 188 g/mol. The Labute approximate surface area is 77.0 Å². The smallest absolute Gasteiger partial charge is 0.339 e. The second-order valence-electron chi connectivity index (χ2n) is 1.96. The number of nitrogens with two attached hydrogens (primary N) is 1. The van der Waals surface area contributed by atoms with E-state index < -0.39 is 0 Å². The van der Waals surface area contributed by atoms with Gasteiger partial charge in [-0.1, -0.05) is 6.92 Å². The fourth-order valence-electron chi connectivity index (χ4n) is 0.435. The summed E-state index contributed by atoms with van der Waals surface area (Å²) >= 11 is 13.2. The second-order valence-corrected chi connectivity index (χ2v) is 3.52. The SMILES string of the molecule is CC(S)CC(=O)[NH+]([S-])[NH2+][S-]. The first-order chi connectivity index (χ1) is 4.57. The molecule has 0 radical (unpaired) electrons. The zero-order chi connectivity index (χ0) is 8.15. The summed E-state index contributed by atoms with van der Waals surface area (Å²) in [6, 6.07) is 0. The summed E-state index contributed by atoms with van der Waals surface area (Å²) in [6.07, 6.45) is 0.370. The van der Waals surface area contributed by atoms with E-state index in [2.05, 4.69) is 38.3 Å². The minimum atomic E-state index is -0.0903. The van der Waals surface area contributed by atoms with E-state index in [0.29, 0.717) is 6.42 Å². The van der Waals surface area contributed by atoms with Crippen molar-refractivity contribution in [2.45, 2.75) is 18.6 Å². The van der Waals surface area contributed by atoms with Crippen molar-refractivity contribution in [1.29, 1.82) is 0 Å². The summed E-state index contributed by atoms with van der Waals surface area (Å²) in [5.41, 5.74) is 0. The van der Waals surface area contributed by atoms with Gasteiger partial charge in [0.1, 0.15) is 0 Å². The summed E-state index contributed by atoms with van der Waals surface area (Å²) in [4.78, 5) is 12.1. The van der Waals surface area contributed by atoms with Crippen LogP contribution in [-0.4, -0.2) is 11.2 Å². The maximum absolute atomic E-state index is 10.9. The number of thiol groups is 1. The van der Waals surface area contributed by atoms with E-state index in [4.69, 9.17) is 0 Å². The van der Waals surface area contributed by atoms with Gasteiger partial charge in [0.25, 0.3) is 0 Å². The van der Waals surface area contributed by atoms with E-state index >= 15 is 0 Å². The van der Waals surface area contributed by atoms with Crippen molar-refractivity contribution < 1.29 is 14.0 Å². The Kier molecular flexibility index (Phi) is 5.65. The van der Waals surface area contributed by atoms with Crippen LogP contribution < -0.4 is 9.25 Å². The van der Waals surface area contributed by atoms with Gasteiger partial charge in [0.15, 0.2) is 0 Å². The molecule has 0 saturated heterocycles. The van der Waals surface area contributed by atoms with Gasteiger partial charge in [-0.3, -0.25) is 4.41 Å².